The number of aryl methyl sites for hydroxylation is 2. The Hall–Kier alpha value is -1.72. The summed E-state index contributed by atoms with van der Waals surface area (Å²) in [6.45, 7) is 5.17. The molecule has 0 amide bonds. The SMILES string of the molecule is CCCn1c(CC(N)c2cnc(C)s2)nc2ccccc21. The Labute approximate surface area is 128 Å². The molecule has 21 heavy (non-hydrogen) atoms. The molecule has 110 valence electrons. The van der Waals surface area contributed by atoms with Gasteiger partial charge in [0.2, 0.25) is 0 Å². The van der Waals surface area contributed by atoms with Gasteiger partial charge in [0.1, 0.15) is 5.82 Å². The Morgan fingerprint density at radius 3 is 2.86 bits per heavy atom. The van der Waals surface area contributed by atoms with E-state index in [0.29, 0.717) is 0 Å². The third-order valence-corrected chi connectivity index (χ3v) is 4.63. The Morgan fingerprint density at radius 2 is 2.14 bits per heavy atom. The van der Waals surface area contributed by atoms with E-state index in [-0.39, 0.29) is 6.04 Å². The van der Waals surface area contributed by atoms with Crippen molar-refractivity contribution in [2.75, 3.05) is 0 Å². The molecule has 1 unspecified atom stereocenters. The number of imidazole rings is 1. The molecule has 2 aromatic heterocycles. The largest absolute Gasteiger partial charge is 0.328 e. The molecule has 0 spiro atoms. The van der Waals surface area contributed by atoms with Gasteiger partial charge < -0.3 is 10.3 Å². The van der Waals surface area contributed by atoms with Crippen molar-refractivity contribution in [3.05, 3.63) is 46.2 Å². The molecule has 0 aliphatic carbocycles. The van der Waals surface area contributed by atoms with Gasteiger partial charge in [0.05, 0.1) is 16.0 Å². The second kappa shape index (κ2) is 5.95. The van der Waals surface area contributed by atoms with E-state index < -0.39 is 0 Å². The molecule has 3 aromatic rings. The van der Waals surface area contributed by atoms with Crippen LogP contribution in [-0.4, -0.2) is 14.5 Å². The highest BCUT2D eigenvalue weighted by Crippen LogP contribution is 2.24. The Bertz CT molecular complexity index is 744. The van der Waals surface area contributed by atoms with Crippen molar-refractivity contribution in [1.29, 1.82) is 0 Å². The maximum Gasteiger partial charge on any atom is 0.111 e. The molecule has 0 aliphatic heterocycles. The molecule has 0 saturated heterocycles. The van der Waals surface area contributed by atoms with Crippen LogP contribution in [0, 0.1) is 6.92 Å². The topological polar surface area (TPSA) is 56.7 Å². The van der Waals surface area contributed by atoms with Crippen molar-refractivity contribution in [1.82, 2.24) is 14.5 Å². The number of rotatable bonds is 5. The smallest absolute Gasteiger partial charge is 0.111 e. The fourth-order valence-electron chi connectivity index (χ4n) is 2.60. The average Bonchev–Trinajstić information content (AvgIpc) is 3.04. The lowest BCUT2D eigenvalue weighted by atomic mass is 10.2. The van der Waals surface area contributed by atoms with Crippen LogP contribution in [0.4, 0.5) is 0 Å². The van der Waals surface area contributed by atoms with Crippen LogP contribution in [0.5, 0.6) is 0 Å². The zero-order valence-electron chi connectivity index (χ0n) is 12.4. The summed E-state index contributed by atoms with van der Waals surface area (Å²) in [6, 6.07) is 8.24. The molecular weight excluding hydrogens is 280 g/mol. The van der Waals surface area contributed by atoms with Gasteiger partial charge in [0.25, 0.3) is 0 Å². The molecule has 1 aromatic carbocycles. The maximum atomic E-state index is 6.34. The number of benzene rings is 1. The number of nitrogens with two attached hydrogens (primary N) is 1. The van der Waals surface area contributed by atoms with E-state index in [1.807, 2.05) is 19.2 Å². The molecule has 2 N–H and O–H groups in total. The molecule has 0 saturated carbocycles. The molecule has 3 rings (SSSR count). The van der Waals surface area contributed by atoms with Crippen LogP contribution in [-0.2, 0) is 13.0 Å². The average molecular weight is 300 g/mol. The van der Waals surface area contributed by atoms with Gasteiger partial charge in [-0.15, -0.1) is 11.3 Å². The Morgan fingerprint density at radius 1 is 1.33 bits per heavy atom. The molecule has 5 heteroatoms. The number of aromatic nitrogens is 3. The van der Waals surface area contributed by atoms with Gasteiger partial charge in [0, 0.05) is 30.1 Å². The predicted octanol–water partition coefficient (Wildman–Crippen LogP) is 3.45. The molecule has 0 fully saturated rings. The fraction of sp³-hybridized carbons (Fsp3) is 0.375. The quantitative estimate of drug-likeness (QED) is 0.785. The summed E-state index contributed by atoms with van der Waals surface area (Å²) in [5.74, 6) is 1.07. The van der Waals surface area contributed by atoms with Crippen LogP contribution >= 0.6 is 11.3 Å². The van der Waals surface area contributed by atoms with Crippen LogP contribution in [0.15, 0.2) is 30.5 Å². The minimum Gasteiger partial charge on any atom is -0.328 e. The first-order valence-electron chi connectivity index (χ1n) is 7.31. The Kier molecular flexibility index (Phi) is 4.03. The van der Waals surface area contributed by atoms with Crippen LogP contribution in [0.1, 0.15) is 35.1 Å². The lowest BCUT2D eigenvalue weighted by Crippen LogP contribution is -2.15. The highest BCUT2D eigenvalue weighted by Gasteiger charge is 2.16. The Balaban J connectivity index is 1.94. The van der Waals surface area contributed by atoms with Gasteiger partial charge >= 0.3 is 0 Å². The molecule has 0 aliphatic rings. The first-order valence-corrected chi connectivity index (χ1v) is 8.12. The predicted molar refractivity (Wildman–Crippen MR) is 87.5 cm³/mol. The summed E-state index contributed by atoms with van der Waals surface area (Å²) in [7, 11) is 0. The second-order valence-corrected chi connectivity index (χ2v) is 6.53. The van der Waals surface area contributed by atoms with Crippen molar-refractivity contribution in [3.63, 3.8) is 0 Å². The van der Waals surface area contributed by atoms with E-state index in [1.54, 1.807) is 11.3 Å². The van der Waals surface area contributed by atoms with Crippen LogP contribution in [0.3, 0.4) is 0 Å². The standard InChI is InChI=1S/C16H20N4S/c1-3-8-20-14-7-5-4-6-13(14)19-16(20)9-12(17)15-10-18-11(2)21-15/h4-7,10,12H,3,8-9,17H2,1-2H3. The van der Waals surface area contributed by atoms with Crippen molar-refractivity contribution >= 4 is 22.4 Å². The lowest BCUT2D eigenvalue weighted by Gasteiger charge is -2.11. The molecule has 1 atom stereocenters. The summed E-state index contributed by atoms with van der Waals surface area (Å²) in [6.07, 6.45) is 3.72. The highest BCUT2D eigenvalue weighted by molar-refractivity contribution is 7.11. The van der Waals surface area contributed by atoms with Crippen LogP contribution < -0.4 is 5.73 Å². The van der Waals surface area contributed by atoms with Crippen LogP contribution in [0.2, 0.25) is 0 Å². The van der Waals surface area contributed by atoms with Gasteiger partial charge in [-0.05, 0) is 25.5 Å². The zero-order valence-corrected chi connectivity index (χ0v) is 13.2. The number of nitrogens with zero attached hydrogens (tertiary/aromatic N) is 3. The summed E-state index contributed by atoms with van der Waals surface area (Å²) in [4.78, 5) is 10.2. The van der Waals surface area contributed by atoms with Gasteiger partial charge in [-0.2, -0.15) is 0 Å². The zero-order chi connectivity index (χ0) is 14.8. The molecule has 0 radical (unpaired) electrons. The van der Waals surface area contributed by atoms with Gasteiger partial charge in [-0.3, -0.25) is 0 Å². The minimum absolute atomic E-state index is 0.0383. The summed E-state index contributed by atoms with van der Waals surface area (Å²) in [5, 5.41) is 1.06. The summed E-state index contributed by atoms with van der Waals surface area (Å²) >= 11 is 1.67. The van der Waals surface area contributed by atoms with Crippen molar-refractivity contribution in [2.24, 2.45) is 5.73 Å². The van der Waals surface area contributed by atoms with E-state index in [9.17, 15) is 0 Å². The van der Waals surface area contributed by atoms with Crippen molar-refractivity contribution in [3.8, 4) is 0 Å². The molecule has 0 bridgehead atoms. The highest BCUT2D eigenvalue weighted by atomic mass is 32.1. The van der Waals surface area contributed by atoms with Gasteiger partial charge in [-0.25, -0.2) is 9.97 Å². The minimum atomic E-state index is -0.0383. The first-order chi connectivity index (χ1) is 10.2. The number of hydrogen-bond donors (Lipinski definition) is 1. The van der Waals surface area contributed by atoms with E-state index in [0.717, 1.165) is 40.6 Å². The third-order valence-electron chi connectivity index (χ3n) is 3.59. The van der Waals surface area contributed by atoms with E-state index in [2.05, 4.69) is 34.7 Å². The monoisotopic (exact) mass is 300 g/mol. The maximum absolute atomic E-state index is 6.34. The van der Waals surface area contributed by atoms with Crippen molar-refractivity contribution in [2.45, 2.75) is 39.3 Å². The number of hydrogen-bond acceptors (Lipinski definition) is 4. The van der Waals surface area contributed by atoms with E-state index in [1.165, 1.54) is 5.52 Å². The van der Waals surface area contributed by atoms with Crippen LogP contribution in [0.25, 0.3) is 11.0 Å². The summed E-state index contributed by atoms with van der Waals surface area (Å²) < 4.78 is 2.29. The molecule has 4 nitrogen and oxygen atoms in total. The normalized spacial score (nSPS) is 12.9. The van der Waals surface area contributed by atoms with Gasteiger partial charge in [0.15, 0.2) is 0 Å². The summed E-state index contributed by atoms with van der Waals surface area (Å²) in [5.41, 5.74) is 8.59. The number of thiazole rings is 1. The molecule has 2 heterocycles. The lowest BCUT2D eigenvalue weighted by molar-refractivity contribution is 0.613. The van der Waals surface area contributed by atoms with Crippen molar-refractivity contribution < 1.29 is 0 Å². The van der Waals surface area contributed by atoms with E-state index in [4.69, 9.17) is 10.7 Å². The van der Waals surface area contributed by atoms with Gasteiger partial charge in [-0.1, -0.05) is 19.1 Å². The second-order valence-electron chi connectivity index (χ2n) is 5.26. The number of fused-ring (bicyclic) bond motifs is 1. The first kappa shape index (κ1) is 14.2. The van der Waals surface area contributed by atoms with E-state index >= 15 is 0 Å². The fourth-order valence-corrected chi connectivity index (χ4v) is 3.39. The molecular formula is C16H20N4S. The third kappa shape index (κ3) is 2.84. The number of para-hydroxylation sites is 2.